The average molecular weight is 290 g/mol. The number of unbranched alkanes of at least 4 members (excludes halogenated alkanes) is 1. The van der Waals surface area contributed by atoms with Crippen LogP contribution in [-0.2, 0) is 4.79 Å². The van der Waals surface area contributed by atoms with E-state index in [0.717, 1.165) is 18.4 Å². The predicted octanol–water partition coefficient (Wildman–Crippen LogP) is 4.43. The molecule has 2 aromatic carbocycles. The minimum absolute atomic E-state index is 0.0181. The Morgan fingerprint density at radius 2 is 1.90 bits per heavy atom. The number of carbonyl (C=O) groups is 1. The summed E-state index contributed by atoms with van der Waals surface area (Å²) in [5.41, 5.74) is 1.16. The topological polar surface area (TPSA) is 29.1 Å². The molecule has 0 radical (unpaired) electrons. The summed E-state index contributed by atoms with van der Waals surface area (Å²) in [6, 6.07) is 14.5. The Balaban J connectivity index is 2.07. The van der Waals surface area contributed by atoms with E-state index < -0.39 is 0 Å². The summed E-state index contributed by atoms with van der Waals surface area (Å²) >= 11 is 5.62. The summed E-state index contributed by atoms with van der Waals surface area (Å²) in [6.45, 7) is 2.03. The fraction of sp³-hybridized carbons (Fsp3) is 0.353. The normalized spacial score (nSPS) is 12.3. The van der Waals surface area contributed by atoms with Crippen molar-refractivity contribution in [1.82, 2.24) is 5.32 Å². The smallest absolute Gasteiger partial charge is 0.220 e. The van der Waals surface area contributed by atoms with E-state index in [1.165, 1.54) is 10.8 Å². The number of benzene rings is 2. The van der Waals surface area contributed by atoms with Crippen LogP contribution in [0.25, 0.3) is 10.8 Å². The van der Waals surface area contributed by atoms with Crippen LogP contribution < -0.4 is 5.32 Å². The molecule has 0 saturated carbocycles. The lowest BCUT2D eigenvalue weighted by Crippen LogP contribution is -2.26. The van der Waals surface area contributed by atoms with Gasteiger partial charge in [0.1, 0.15) is 0 Å². The van der Waals surface area contributed by atoms with Gasteiger partial charge >= 0.3 is 0 Å². The number of hydrogen-bond acceptors (Lipinski definition) is 1. The van der Waals surface area contributed by atoms with Crippen LogP contribution in [-0.4, -0.2) is 11.8 Å². The largest absolute Gasteiger partial charge is 0.350 e. The minimum Gasteiger partial charge on any atom is -0.350 e. The van der Waals surface area contributed by atoms with Gasteiger partial charge < -0.3 is 5.32 Å². The quantitative estimate of drug-likeness (QED) is 0.619. The first-order valence-corrected chi connectivity index (χ1v) is 7.59. The second-order valence-electron chi connectivity index (χ2n) is 5.00. The van der Waals surface area contributed by atoms with E-state index >= 15 is 0 Å². The number of alkyl halides is 1. The highest BCUT2D eigenvalue weighted by atomic mass is 35.5. The van der Waals surface area contributed by atoms with Crippen LogP contribution in [0.4, 0.5) is 0 Å². The number of halogens is 1. The molecule has 2 nitrogen and oxygen atoms in total. The van der Waals surface area contributed by atoms with Crippen LogP contribution in [0.3, 0.4) is 0 Å². The zero-order valence-electron chi connectivity index (χ0n) is 11.7. The molecule has 20 heavy (non-hydrogen) atoms. The molecule has 1 unspecified atom stereocenters. The zero-order valence-corrected chi connectivity index (χ0v) is 12.5. The minimum atomic E-state index is 0.0181. The second kappa shape index (κ2) is 7.30. The predicted molar refractivity (Wildman–Crippen MR) is 85.1 cm³/mol. The third-order valence-corrected chi connectivity index (χ3v) is 3.72. The molecule has 0 fully saturated rings. The van der Waals surface area contributed by atoms with Crippen molar-refractivity contribution in [1.29, 1.82) is 0 Å². The van der Waals surface area contributed by atoms with Crippen LogP contribution in [0.2, 0.25) is 0 Å². The molecule has 1 amide bonds. The van der Waals surface area contributed by atoms with E-state index in [9.17, 15) is 4.79 Å². The summed E-state index contributed by atoms with van der Waals surface area (Å²) < 4.78 is 0. The van der Waals surface area contributed by atoms with Gasteiger partial charge in [-0.25, -0.2) is 0 Å². The summed E-state index contributed by atoms with van der Waals surface area (Å²) in [5, 5.41) is 5.47. The Kier molecular flexibility index (Phi) is 5.42. The lowest BCUT2D eigenvalue weighted by Gasteiger charge is -2.16. The number of nitrogens with one attached hydrogen (secondary N) is 1. The molecule has 3 heteroatoms. The number of carbonyl (C=O) groups excluding carboxylic acids is 1. The van der Waals surface area contributed by atoms with Gasteiger partial charge in [0, 0.05) is 12.3 Å². The second-order valence-corrected chi connectivity index (χ2v) is 5.38. The molecule has 0 bridgehead atoms. The standard InChI is InChI=1S/C17H20ClNO/c1-13(19-17(20)11-4-5-12-18)15-10-6-8-14-7-2-3-9-16(14)15/h2-3,6-10,13H,4-5,11-12H2,1H3,(H,19,20). The Bertz CT molecular complexity index is 577. The van der Waals surface area contributed by atoms with Crippen LogP contribution in [0.5, 0.6) is 0 Å². The van der Waals surface area contributed by atoms with Gasteiger partial charge in [-0.2, -0.15) is 0 Å². The molecule has 0 aliphatic carbocycles. The van der Waals surface area contributed by atoms with Gasteiger partial charge in [0.2, 0.25) is 5.91 Å². The SMILES string of the molecule is CC(NC(=O)CCCCCl)c1cccc2ccccc12. The highest BCUT2D eigenvalue weighted by Gasteiger charge is 2.11. The van der Waals surface area contributed by atoms with Crippen molar-refractivity contribution >= 4 is 28.3 Å². The number of amides is 1. The van der Waals surface area contributed by atoms with Crippen molar-refractivity contribution in [2.24, 2.45) is 0 Å². The molecule has 2 aromatic rings. The van der Waals surface area contributed by atoms with Crippen LogP contribution >= 0.6 is 11.6 Å². The summed E-state index contributed by atoms with van der Waals surface area (Å²) in [5.74, 6) is 0.710. The average Bonchev–Trinajstić information content (AvgIpc) is 2.47. The fourth-order valence-corrected chi connectivity index (χ4v) is 2.59. The van der Waals surface area contributed by atoms with Gasteiger partial charge in [0.05, 0.1) is 6.04 Å². The molecule has 0 aromatic heterocycles. The summed E-state index contributed by atoms with van der Waals surface area (Å²) in [6.07, 6.45) is 2.27. The Hall–Kier alpha value is -1.54. The molecular weight excluding hydrogens is 270 g/mol. The van der Waals surface area contributed by atoms with Crippen molar-refractivity contribution in [2.45, 2.75) is 32.2 Å². The van der Waals surface area contributed by atoms with Crippen molar-refractivity contribution in [3.05, 3.63) is 48.0 Å². The maximum Gasteiger partial charge on any atom is 0.220 e. The lowest BCUT2D eigenvalue weighted by atomic mass is 9.99. The van der Waals surface area contributed by atoms with Gasteiger partial charge in [-0.15, -0.1) is 11.6 Å². The monoisotopic (exact) mass is 289 g/mol. The molecule has 0 saturated heterocycles. The van der Waals surface area contributed by atoms with Crippen molar-refractivity contribution < 1.29 is 4.79 Å². The van der Waals surface area contributed by atoms with E-state index in [0.29, 0.717) is 12.3 Å². The Morgan fingerprint density at radius 1 is 1.15 bits per heavy atom. The maximum atomic E-state index is 11.9. The lowest BCUT2D eigenvalue weighted by molar-refractivity contribution is -0.121. The van der Waals surface area contributed by atoms with Gasteiger partial charge in [-0.3, -0.25) is 4.79 Å². The van der Waals surface area contributed by atoms with Gasteiger partial charge in [0.25, 0.3) is 0 Å². The van der Waals surface area contributed by atoms with E-state index in [-0.39, 0.29) is 11.9 Å². The van der Waals surface area contributed by atoms with Crippen LogP contribution in [0, 0.1) is 0 Å². The molecule has 0 spiro atoms. The molecule has 2 rings (SSSR count). The summed E-state index contributed by atoms with van der Waals surface area (Å²) in [7, 11) is 0. The number of rotatable bonds is 6. The van der Waals surface area contributed by atoms with Crippen molar-refractivity contribution in [2.75, 3.05) is 5.88 Å². The first-order chi connectivity index (χ1) is 9.72. The molecule has 106 valence electrons. The van der Waals surface area contributed by atoms with Gasteiger partial charge in [-0.1, -0.05) is 42.5 Å². The van der Waals surface area contributed by atoms with E-state index in [1.54, 1.807) is 0 Å². The molecular formula is C17H20ClNO. The molecule has 1 N–H and O–H groups in total. The number of hydrogen-bond donors (Lipinski definition) is 1. The summed E-state index contributed by atoms with van der Waals surface area (Å²) in [4.78, 5) is 11.9. The van der Waals surface area contributed by atoms with Crippen LogP contribution in [0.1, 0.15) is 37.8 Å². The highest BCUT2D eigenvalue weighted by Crippen LogP contribution is 2.24. The fourth-order valence-electron chi connectivity index (χ4n) is 2.40. The molecule has 0 aliphatic heterocycles. The molecule has 1 atom stereocenters. The number of fused-ring (bicyclic) bond motifs is 1. The first-order valence-electron chi connectivity index (χ1n) is 7.05. The van der Waals surface area contributed by atoms with Gasteiger partial charge in [-0.05, 0) is 36.1 Å². The van der Waals surface area contributed by atoms with E-state index in [2.05, 4.69) is 29.6 Å². The first kappa shape index (κ1) is 14.9. The zero-order chi connectivity index (χ0) is 14.4. The van der Waals surface area contributed by atoms with Crippen LogP contribution in [0.15, 0.2) is 42.5 Å². The van der Waals surface area contributed by atoms with E-state index in [1.807, 2.05) is 25.1 Å². The molecule has 0 aliphatic rings. The highest BCUT2D eigenvalue weighted by molar-refractivity contribution is 6.17. The maximum absolute atomic E-state index is 11.9. The Labute approximate surface area is 125 Å². The van der Waals surface area contributed by atoms with Crippen molar-refractivity contribution in [3.8, 4) is 0 Å². The van der Waals surface area contributed by atoms with Crippen molar-refractivity contribution in [3.63, 3.8) is 0 Å². The molecule has 0 heterocycles. The third kappa shape index (κ3) is 3.73. The third-order valence-electron chi connectivity index (χ3n) is 3.45. The Morgan fingerprint density at radius 3 is 2.70 bits per heavy atom. The van der Waals surface area contributed by atoms with E-state index in [4.69, 9.17) is 11.6 Å². The van der Waals surface area contributed by atoms with Gasteiger partial charge in [0.15, 0.2) is 0 Å².